The van der Waals surface area contributed by atoms with Crippen molar-refractivity contribution in [1.29, 1.82) is 0 Å². The summed E-state index contributed by atoms with van der Waals surface area (Å²) in [6.07, 6.45) is 0. The van der Waals surface area contributed by atoms with Crippen LogP contribution in [0.5, 0.6) is 5.75 Å². The number of nitrogens with zero attached hydrogens (tertiary/aromatic N) is 2. The monoisotopic (exact) mass is 321 g/mol. The Hall–Kier alpha value is -2.95. The van der Waals surface area contributed by atoms with Crippen LogP contribution in [0.4, 0.5) is 5.69 Å². The molecule has 0 spiro atoms. The van der Waals surface area contributed by atoms with E-state index in [9.17, 15) is 4.79 Å². The van der Waals surface area contributed by atoms with Crippen LogP contribution in [0.1, 0.15) is 17.0 Å². The minimum absolute atomic E-state index is 0.0416. The van der Waals surface area contributed by atoms with E-state index in [2.05, 4.69) is 15.3 Å². The van der Waals surface area contributed by atoms with Crippen LogP contribution in [0, 0.1) is 20.8 Å². The number of aryl methyl sites for hydroxylation is 3. The van der Waals surface area contributed by atoms with Crippen molar-refractivity contribution in [2.24, 2.45) is 0 Å². The highest BCUT2D eigenvalue weighted by Crippen LogP contribution is 2.18. The number of benzene rings is 2. The highest BCUT2D eigenvalue weighted by Gasteiger charge is 2.07. The van der Waals surface area contributed by atoms with Crippen LogP contribution in [-0.4, -0.2) is 22.5 Å². The molecule has 5 heteroatoms. The van der Waals surface area contributed by atoms with Gasteiger partial charge in [0.15, 0.2) is 6.61 Å². The number of hydrogen-bond acceptors (Lipinski definition) is 4. The Morgan fingerprint density at radius 2 is 1.75 bits per heavy atom. The van der Waals surface area contributed by atoms with E-state index in [4.69, 9.17) is 4.74 Å². The third-order valence-corrected chi connectivity index (χ3v) is 3.72. The molecule has 0 radical (unpaired) electrons. The molecule has 0 aliphatic heterocycles. The average Bonchev–Trinajstić information content (AvgIpc) is 2.54. The Morgan fingerprint density at radius 3 is 2.50 bits per heavy atom. The minimum atomic E-state index is -0.215. The second-order valence-electron chi connectivity index (χ2n) is 5.75. The quantitative estimate of drug-likeness (QED) is 0.798. The fraction of sp³-hybridized carbons (Fsp3) is 0.211. The van der Waals surface area contributed by atoms with Gasteiger partial charge in [0.2, 0.25) is 0 Å². The van der Waals surface area contributed by atoms with Crippen molar-refractivity contribution in [3.05, 3.63) is 59.4 Å². The van der Waals surface area contributed by atoms with Gasteiger partial charge in [-0.25, -0.2) is 9.97 Å². The van der Waals surface area contributed by atoms with E-state index in [0.717, 1.165) is 28.0 Å². The van der Waals surface area contributed by atoms with Crippen LogP contribution < -0.4 is 10.1 Å². The molecule has 0 aliphatic carbocycles. The Kier molecular flexibility index (Phi) is 4.42. The molecule has 1 N–H and O–H groups in total. The number of carbonyl (C=O) groups is 1. The van der Waals surface area contributed by atoms with E-state index >= 15 is 0 Å². The van der Waals surface area contributed by atoms with E-state index in [1.54, 1.807) is 0 Å². The summed E-state index contributed by atoms with van der Waals surface area (Å²) in [5.41, 5.74) is 5.13. The molecule has 0 aliphatic rings. The van der Waals surface area contributed by atoms with E-state index < -0.39 is 0 Å². The van der Waals surface area contributed by atoms with Crippen LogP contribution in [-0.2, 0) is 4.79 Å². The zero-order valence-corrected chi connectivity index (χ0v) is 14.0. The molecule has 24 heavy (non-hydrogen) atoms. The number of nitrogens with one attached hydrogen (secondary N) is 1. The molecule has 122 valence electrons. The van der Waals surface area contributed by atoms with Crippen molar-refractivity contribution >= 4 is 22.6 Å². The summed E-state index contributed by atoms with van der Waals surface area (Å²) in [6.45, 7) is 5.79. The molecule has 3 rings (SSSR count). The number of amides is 1. The zero-order valence-electron chi connectivity index (χ0n) is 14.0. The average molecular weight is 321 g/mol. The van der Waals surface area contributed by atoms with Gasteiger partial charge < -0.3 is 10.1 Å². The molecular weight excluding hydrogens is 302 g/mol. The number of carbonyl (C=O) groups excluding carboxylic acids is 1. The molecule has 0 fully saturated rings. The second-order valence-corrected chi connectivity index (χ2v) is 5.75. The maximum Gasteiger partial charge on any atom is 0.262 e. The summed E-state index contributed by atoms with van der Waals surface area (Å²) in [4.78, 5) is 21.0. The zero-order chi connectivity index (χ0) is 17.1. The van der Waals surface area contributed by atoms with E-state index in [0.29, 0.717) is 11.4 Å². The molecule has 5 nitrogen and oxygen atoms in total. The molecule has 1 heterocycles. The van der Waals surface area contributed by atoms with Crippen LogP contribution in [0.25, 0.3) is 11.0 Å². The normalized spacial score (nSPS) is 10.6. The lowest BCUT2D eigenvalue weighted by Crippen LogP contribution is -2.20. The standard InChI is InChI=1S/C19H19N3O2/c1-12-5-4-6-16(9-12)24-11-19(23)22-15-7-8-17-18(10-15)21-14(3)13(2)20-17/h4-10H,11H2,1-3H3,(H,22,23). The van der Waals surface area contributed by atoms with E-state index in [1.165, 1.54) is 0 Å². The molecule has 0 bridgehead atoms. The summed E-state index contributed by atoms with van der Waals surface area (Å²) < 4.78 is 5.50. The third kappa shape index (κ3) is 3.68. The summed E-state index contributed by atoms with van der Waals surface area (Å²) in [6, 6.07) is 13.1. The number of hydrogen-bond donors (Lipinski definition) is 1. The first-order chi connectivity index (χ1) is 11.5. The molecular formula is C19H19N3O2. The van der Waals surface area contributed by atoms with Gasteiger partial charge in [0.25, 0.3) is 5.91 Å². The Morgan fingerprint density at radius 1 is 1.00 bits per heavy atom. The largest absolute Gasteiger partial charge is 0.484 e. The summed E-state index contributed by atoms with van der Waals surface area (Å²) in [7, 11) is 0. The van der Waals surface area contributed by atoms with Crippen LogP contribution in [0.3, 0.4) is 0 Å². The van der Waals surface area contributed by atoms with Gasteiger partial charge in [-0.3, -0.25) is 4.79 Å². The van der Waals surface area contributed by atoms with Crippen molar-refractivity contribution in [2.75, 3.05) is 11.9 Å². The predicted octanol–water partition coefficient (Wildman–Crippen LogP) is 3.57. The first-order valence-corrected chi connectivity index (χ1v) is 7.75. The van der Waals surface area contributed by atoms with Crippen LogP contribution >= 0.6 is 0 Å². The highest BCUT2D eigenvalue weighted by molar-refractivity contribution is 5.93. The molecule has 1 aromatic heterocycles. The number of rotatable bonds is 4. The number of anilines is 1. The number of ether oxygens (including phenoxy) is 1. The van der Waals surface area contributed by atoms with Gasteiger partial charge in [-0.2, -0.15) is 0 Å². The molecule has 2 aromatic carbocycles. The van der Waals surface area contributed by atoms with Gasteiger partial charge in [0.1, 0.15) is 5.75 Å². The Balaban J connectivity index is 1.67. The molecule has 3 aromatic rings. The van der Waals surface area contributed by atoms with Gasteiger partial charge in [0, 0.05) is 5.69 Å². The van der Waals surface area contributed by atoms with Crippen LogP contribution in [0.15, 0.2) is 42.5 Å². The topological polar surface area (TPSA) is 64.1 Å². The minimum Gasteiger partial charge on any atom is -0.484 e. The van der Waals surface area contributed by atoms with E-state index in [1.807, 2.05) is 63.2 Å². The fourth-order valence-corrected chi connectivity index (χ4v) is 2.36. The van der Waals surface area contributed by atoms with Gasteiger partial charge in [-0.05, 0) is 56.7 Å². The summed E-state index contributed by atoms with van der Waals surface area (Å²) in [5, 5.41) is 2.82. The van der Waals surface area contributed by atoms with Gasteiger partial charge >= 0.3 is 0 Å². The second kappa shape index (κ2) is 6.66. The molecule has 0 saturated heterocycles. The Bertz CT molecular complexity index is 906. The van der Waals surface area contributed by atoms with Crippen molar-refractivity contribution in [2.45, 2.75) is 20.8 Å². The molecule has 0 unspecified atom stereocenters. The van der Waals surface area contributed by atoms with Crippen molar-refractivity contribution in [3.63, 3.8) is 0 Å². The first-order valence-electron chi connectivity index (χ1n) is 7.75. The first kappa shape index (κ1) is 15.9. The number of aromatic nitrogens is 2. The third-order valence-electron chi connectivity index (χ3n) is 3.72. The summed E-state index contributed by atoms with van der Waals surface area (Å²) >= 11 is 0. The predicted molar refractivity (Wildman–Crippen MR) is 94.3 cm³/mol. The van der Waals surface area contributed by atoms with Gasteiger partial charge in [-0.15, -0.1) is 0 Å². The lowest BCUT2D eigenvalue weighted by atomic mass is 10.2. The van der Waals surface area contributed by atoms with Crippen molar-refractivity contribution in [3.8, 4) is 5.75 Å². The van der Waals surface area contributed by atoms with Crippen LogP contribution in [0.2, 0.25) is 0 Å². The fourth-order valence-electron chi connectivity index (χ4n) is 2.36. The molecule has 1 amide bonds. The van der Waals surface area contributed by atoms with Crippen molar-refractivity contribution in [1.82, 2.24) is 9.97 Å². The lowest BCUT2D eigenvalue weighted by Gasteiger charge is -2.09. The van der Waals surface area contributed by atoms with Gasteiger partial charge in [0.05, 0.1) is 22.4 Å². The molecule has 0 saturated carbocycles. The number of fused-ring (bicyclic) bond motifs is 1. The summed E-state index contributed by atoms with van der Waals surface area (Å²) in [5.74, 6) is 0.466. The van der Waals surface area contributed by atoms with Gasteiger partial charge in [-0.1, -0.05) is 12.1 Å². The maximum atomic E-state index is 12.1. The maximum absolute atomic E-state index is 12.1. The lowest BCUT2D eigenvalue weighted by molar-refractivity contribution is -0.118. The van der Waals surface area contributed by atoms with E-state index in [-0.39, 0.29) is 12.5 Å². The van der Waals surface area contributed by atoms with Crippen molar-refractivity contribution < 1.29 is 9.53 Å². The SMILES string of the molecule is Cc1cccc(OCC(=O)Nc2ccc3nc(C)c(C)nc3c2)c1. The smallest absolute Gasteiger partial charge is 0.262 e. The highest BCUT2D eigenvalue weighted by atomic mass is 16.5. The molecule has 0 atom stereocenters. The Labute approximate surface area is 140 Å².